The lowest BCUT2D eigenvalue weighted by atomic mass is 9.88. The second-order valence-electron chi connectivity index (χ2n) is 9.20. The summed E-state index contributed by atoms with van der Waals surface area (Å²) in [5, 5.41) is 18.7. The Morgan fingerprint density at radius 2 is 1.18 bits per heavy atom. The second-order valence-corrected chi connectivity index (χ2v) is 9.20. The highest BCUT2D eigenvalue weighted by Gasteiger charge is 2.20. The number of carbonyl (C=O) groups is 3. The normalized spacial score (nSPS) is 14.6. The van der Waals surface area contributed by atoms with E-state index in [1.165, 1.54) is 49.0 Å². The summed E-state index contributed by atoms with van der Waals surface area (Å²) in [5.74, 6) is -1.05. The van der Waals surface area contributed by atoms with Gasteiger partial charge in [0.2, 0.25) is 5.91 Å². The topological polar surface area (TPSA) is 104 Å². The first-order valence-corrected chi connectivity index (χ1v) is 13.0. The van der Waals surface area contributed by atoms with Gasteiger partial charge >= 0.3 is 11.9 Å². The third-order valence-corrected chi connectivity index (χ3v) is 6.38. The molecular weight excluding hydrogens is 494 g/mol. The maximum atomic E-state index is 11.3. The summed E-state index contributed by atoms with van der Waals surface area (Å²) in [6.45, 7) is 5.47. The number of rotatable bonds is 4. The summed E-state index contributed by atoms with van der Waals surface area (Å²) < 4.78 is 3.97. The van der Waals surface area contributed by atoms with E-state index in [0.717, 1.165) is 36.9 Å². The predicted octanol–water partition coefficient (Wildman–Crippen LogP) is 5.42. The van der Waals surface area contributed by atoms with Crippen molar-refractivity contribution < 1.29 is 29.3 Å². The third kappa shape index (κ3) is 11.4. The van der Waals surface area contributed by atoms with Crippen LogP contribution in [0.1, 0.15) is 71.4 Å². The van der Waals surface area contributed by atoms with Gasteiger partial charge in [0.1, 0.15) is 0 Å². The van der Waals surface area contributed by atoms with Gasteiger partial charge in [-0.25, -0.2) is 0 Å². The molecule has 1 aliphatic heterocycles. The van der Waals surface area contributed by atoms with Crippen molar-refractivity contribution in [3.05, 3.63) is 82.9 Å². The number of hydrogen-bond donors (Lipinski definition) is 2. The van der Waals surface area contributed by atoms with Gasteiger partial charge in [-0.15, -0.1) is 0 Å². The number of hydrogen-bond acceptors (Lipinski definition) is 6. The molecule has 0 saturated carbocycles. The minimum Gasteiger partial charge on any atom is -0.394 e. The van der Waals surface area contributed by atoms with E-state index < -0.39 is 11.9 Å². The van der Waals surface area contributed by atoms with Crippen molar-refractivity contribution in [1.29, 1.82) is 0 Å². The number of esters is 2. The Morgan fingerprint density at radius 1 is 0.718 bits per heavy atom. The van der Waals surface area contributed by atoms with Crippen LogP contribution in [-0.2, 0) is 19.1 Å². The molecule has 0 bridgehead atoms. The minimum absolute atomic E-state index is 0. The van der Waals surface area contributed by atoms with Gasteiger partial charge in [-0.2, -0.15) is 0 Å². The first kappa shape index (κ1) is 33.5. The molecule has 7 nitrogen and oxygen atoms in total. The van der Waals surface area contributed by atoms with Gasteiger partial charge in [0.25, 0.3) is 0 Å². The molecule has 7 heteroatoms. The van der Waals surface area contributed by atoms with Crippen LogP contribution < -0.4 is 0 Å². The fourth-order valence-electron chi connectivity index (χ4n) is 4.56. The van der Waals surface area contributed by atoms with Crippen LogP contribution in [0, 0.1) is 0 Å². The van der Waals surface area contributed by atoms with Crippen LogP contribution in [0.4, 0.5) is 0 Å². The summed E-state index contributed by atoms with van der Waals surface area (Å²) in [7, 11) is 0. The number of aliphatic hydroxyl groups excluding tert-OH is 2. The third-order valence-electron chi connectivity index (χ3n) is 6.38. The van der Waals surface area contributed by atoms with Gasteiger partial charge in [0.05, 0.1) is 13.2 Å². The molecule has 2 aliphatic rings. The Bertz CT molecular complexity index is 1110. The van der Waals surface area contributed by atoms with E-state index in [2.05, 4.69) is 41.1 Å². The van der Waals surface area contributed by atoms with Crippen molar-refractivity contribution in [1.82, 2.24) is 4.90 Å². The van der Waals surface area contributed by atoms with E-state index in [-0.39, 0.29) is 26.5 Å². The van der Waals surface area contributed by atoms with E-state index in [1.807, 2.05) is 24.3 Å². The number of nitrogens with zero attached hydrogens (tertiary/aromatic N) is 1. The number of benzene rings is 2. The van der Waals surface area contributed by atoms with Crippen molar-refractivity contribution >= 4 is 29.0 Å². The SMILES string of the molecule is C.CC(=O)N1CCC(c2ccccc2)=C(CO)C1.CC(=O)OC(C)=O.OCC1=C(c2ccccc2)CCCC1. The molecule has 2 aromatic carbocycles. The molecular formula is C32H43NO6. The van der Waals surface area contributed by atoms with Gasteiger partial charge in [0, 0.05) is 33.9 Å². The van der Waals surface area contributed by atoms with Crippen LogP contribution in [0.3, 0.4) is 0 Å². The first-order valence-electron chi connectivity index (χ1n) is 13.0. The number of amides is 1. The standard InChI is InChI=1S/C14H17NO2.C13H16O.C4H6O3.CH4/c1-11(17)15-8-7-14(13(9-15)10-16)12-5-3-2-4-6-12;14-10-12-8-4-5-9-13(12)11-6-2-1-3-7-11;1-3(5)7-4(2)6;/h2-6,16H,7-10H2,1H3;1-3,6-7,14H,4-5,8-10H2;1-2H3;1H4. The molecule has 1 amide bonds. The summed E-state index contributed by atoms with van der Waals surface area (Å²) >= 11 is 0. The summed E-state index contributed by atoms with van der Waals surface area (Å²) in [4.78, 5) is 32.7. The summed E-state index contributed by atoms with van der Waals surface area (Å²) in [6.07, 6.45) is 5.50. The fraction of sp³-hybridized carbons (Fsp3) is 0.406. The molecule has 0 saturated heterocycles. The quantitative estimate of drug-likeness (QED) is 0.399. The number of aliphatic hydroxyl groups is 2. The van der Waals surface area contributed by atoms with Crippen molar-refractivity contribution in [2.45, 2.75) is 60.3 Å². The smallest absolute Gasteiger partial charge is 0.310 e. The zero-order valence-electron chi connectivity index (χ0n) is 22.6. The first-order chi connectivity index (χ1) is 18.3. The maximum absolute atomic E-state index is 11.3. The highest BCUT2D eigenvalue weighted by molar-refractivity contribution is 5.82. The molecule has 4 rings (SSSR count). The monoisotopic (exact) mass is 537 g/mol. The molecule has 0 atom stereocenters. The van der Waals surface area contributed by atoms with Crippen molar-refractivity contribution in [2.24, 2.45) is 0 Å². The van der Waals surface area contributed by atoms with Gasteiger partial charge < -0.3 is 19.8 Å². The molecule has 1 heterocycles. The molecule has 0 radical (unpaired) electrons. The Kier molecular flexibility index (Phi) is 15.3. The van der Waals surface area contributed by atoms with Crippen LogP contribution in [0.15, 0.2) is 71.8 Å². The van der Waals surface area contributed by atoms with Crippen LogP contribution in [-0.4, -0.2) is 59.3 Å². The van der Waals surface area contributed by atoms with Crippen LogP contribution >= 0.6 is 0 Å². The van der Waals surface area contributed by atoms with Gasteiger partial charge in [0.15, 0.2) is 0 Å². The highest BCUT2D eigenvalue weighted by atomic mass is 16.6. The molecule has 0 aromatic heterocycles. The lowest BCUT2D eigenvalue weighted by Crippen LogP contribution is -2.36. The van der Waals surface area contributed by atoms with Gasteiger partial charge in [-0.05, 0) is 65.5 Å². The maximum Gasteiger partial charge on any atom is 0.310 e. The lowest BCUT2D eigenvalue weighted by molar-refractivity contribution is -0.156. The Hall–Kier alpha value is -3.55. The zero-order chi connectivity index (χ0) is 27.9. The fourth-order valence-corrected chi connectivity index (χ4v) is 4.56. The second kappa shape index (κ2) is 17.9. The van der Waals surface area contributed by atoms with Crippen LogP contribution in [0.25, 0.3) is 11.1 Å². The van der Waals surface area contributed by atoms with E-state index >= 15 is 0 Å². The van der Waals surface area contributed by atoms with E-state index in [0.29, 0.717) is 6.54 Å². The predicted molar refractivity (Wildman–Crippen MR) is 155 cm³/mol. The Balaban J connectivity index is 0.000000313. The van der Waals surface area contributed by atoms with Crippen molar-refractivity contribution in [3.8, 4) is 0 Å². The van der Waals surface area contributed by atoms with Gasteiger partial charge in [-0.3, -0.25) is 14.4 Å². The number of allylic oxidation sites excluding steroid dienone is 1. The van der Waals surface area contributed by atoms with Crippen molar-refractivity contribution in [3.63, 3.8) is 0 Å². The van der Waals surface area contributed by atoms with E-state index in [1.54, 1.807) is 11.8 Å². The minimum atomic E-state index is -0.562. The molecule has 0 unspecified atom stereocenters. The molecule has 1 aliphatic carbocycles. The molecule has 39 heavy (non-hydrogen) atoms. The number of carbonyl (C=O) groups excluding carboxylic acids is 3. The summed E-state index contributed by atoms with van der Waals surface area (Å²) in [6, 6.07) is 20.5. The number of ether oxygens (including phenoxy) is 1. The molecule has 0 fully saturated rings. The average molecular weight is 538 g/mol. The van der Waals surface area contributed by atoms with Crippen LogP contribution in [0.5, 0.6) is 0 Å². The van der Waals surface area contributed by atoms with Crippen LogP contribution in [0.2, 0.25) is 0 Å². The van der Waals surface area contributed by atoms with E-state index in [9.17, 15) is 24.6 Å². The van der Waals surface area contributed by atoms with E-state index in [4.69, 9.17) is 0 Å². The zero-order valence-corrected chi connectivity index (χ0v) is 22.6. The Morgan fingerprint density at radius 3 is 1.59 bits per heavy atom. The molecule has 212 valence electrons. The Labute approximate surface area is 232 Å². The largest absolute Gasteiger partial charge is 0.394 e. The molecule has 2 aromatic rings. The molecule has 0 spiro atoms. The van der Waals surface area contributed by atoms with Gasteiger partial charge in [-0.1, -0.05) is 68.1 Å². The molecule has 2 N–H and O–H groups in total. The van der Waals surface area contributed by atoms with Crippen molar-refractivity contribution in [2.75, 3.05) is 26.3 Å². The lowest BCUT2D eigenvalue weighted by Gasteiger charge is -2.29. The summed E-state index contributed by atoms with van der Waals surface area (Å²) in [5.41, 5.74) is 7.20. The average Bonchev–Trinajstić information content (AvgIpc) is 2.93. The highest BCUT2D eigenvalue weighted by Crippen LogP contribution is 2.31.